The van der Waals surface area contributed by atoms with E-state index in [2.05, 4.69) is 59.2 Å². The number of benzene rings is 2. The summed E-state index contributed by atoms with van der Waals surface area (Å²) >= 11 is 0. The van der Waals surface area contributed by atoms with E-state index in [0.29, 0.717) is 0 Å². The molecule has 2 aliphatic heterocycles. The maximum atomic E-state index is 3.53. The van der Waals surface area contributed by atoms with Crippen molar-refractivity contribution in [2.24, 2.45) is 0 Å². The molecule has 2 heterocycles. The van der Waals surface area contributed by atoms with Crippen molar-refractivity contribution in [2.75, 3.05) is 10.6 Å². The second kappa shape index (κ2) is 3.64. The third-order valence-corrected chi connectivity index (χ3v) is 3.70. The maximum absolute atomic E-state index is 3.53. The molecule has 0 amide bonds. The Labute approximate surface area is 106 Å². The molecule has 2 nitrogen and oxygen atoms in total. The third-order valence-electron chi connectivity index (χ3n) is 3.70. The highest BCUT2D eigenvalue weighted by molar-refractivity contribution is 5.68. The highest BCUT2D eigenvalue weighted by Crippen LogP contribution is 2.34. The van der Waals surface area contributed by atoms with Crippen LogP contribution in [0, 0.1) is 0 Å². The van der Waals surface area contributed by atoms with Crippen molar-refractivity contribution in [3.05, 3.63) is 71.1 Å². The molecule has 0 bridgehead atoms. The van der Waals surface area contributed by atoms with Crippen LogP contribution in [0.4, 0.5) is 11.4 Å². The fourth-order valence-corrected chi connectivity index (χ4v) is 2.75. The molecule has 0 saturated heterocycles. The number of rotatable bonds is 0. The number of hydrogen-bond acceptors (Lipinski definition) is 2. The van der Waals surface area contributed by atoms with E-state index >= 15 is 0 Å². The molecule has 2 heteroatoms. The van der Waals surface area contributed by atoms with Gasteiger partial charge in [-0.25, -0.2) is 0 Å². The largest absolute Gasteiger partial charge is 0.357 e. The minimum absolute atomic E-state index is 1.01. The Balaban J connectivity index is 1.70. The first kappa shape index (κ1) is 9.77. The molecular weight excluding hydrogens is 220 g/mol. The molecule has 0 aromatic heterocycles. The van der Waals surface area contributed by atoms with Crippen molar-refractivity contribution < 1.29 is 0 Å². The zero-order valence-corrected chi connectivity index (χ0v) is 10.0. The van der Waals surface area contributed by atoms with E-state index in [-0.39, 0.29) is 0 Å². The van der Waals surface area contributed by atoms with Crippen molar-refractivity contribution in [2.45, 2.75) is 12.8 Å². The Morgan fingerprint density at radius 1 is 0.611 bits per heavy atom. The quantitative estimate of drug-likeness (QED) is 0.728. The van der Waals surface area contributed by atoms with Gasteiger partial charge in [0, 0.05) is 35.6 Å². The van der Waals surface area contributed by atoms with Gasteiger partial charge in [-0.05, 0) is 23.3 Å². The third kappa shape index (κ3) is 1.42. The molecule has 0 unspecified atom stereocenters. The normalized spacial score (nSPS) is 20.0. The highest BCUT2D eigenvalue weighted by atomic mass is 15.0. The molecule has 0 aliphatic carbocycles. The molecule has 2 aliphatic rings. The molecule has 4 rings (SSSR count). The standard InChI is InChI=1S/C16H14N2/c1-3-7-13-11(5-1)9-15(17-13)16-10-12-6-2-4-8-14(12)18-16/h1-8,17-18H,9-10H2/b16-15+. The van der Waals surface area contributed by atoms with Gasteiger partial charge in [-0.15, -0.1) is 0 Å². The van der Waals surface area contributed by atoms with Crippen molar-refractivity contribution in [3.63, 3.8) is 0 Å². The summed E-state index contributed by atoms with van der Waals surface area (Å²) in [4.78, 5) is 0. The fourth-order valence-electron chi connectivity index (χ4n) is 2.75. The van der Waals surface area contributed by atoms with Crippen LogP contribution in [0.5, 0.6) is 0 Å². The molecule has 0 radical (unpaired) electrons. The average Bonchev–Trinajstić information content (AvgIpc) is 3.02. The van der Waals surface area contributed by atoms with Crippen LogP contribution >= 0.6 is 0 Å². The van der Waals surface area contributed by atoms with Crippen molar-refractivity contribution in [1.29, 1.82) is 0 Å². The molecule has 0 spiro atoms. The van der Waals surface area contributed by atoms with E-state index in [0.717, 1.165) is 12.8 Å². The van der Waals surface area contributed by atoms with Gasteiger partial charge in [0.1, 0.15) is 0 Å². The van der Waals surface area contributed by atoms with Crippen LogP contribution in [0.1, 0.15) is 11.1 Å². The van der Waals surface area contributed by atoms with E-state index in [9.17, 15) is 0 Å². The molecule has 2 aromatic carbocycles. The maximum Gasteiger partial charge on any atom is 0.0418 e. The number of hydrogen-bond donors (Lipinski definition) is 2. The molecule has 0 fully saturated rings. The molecule has 88 valence electrons. The molecule has 2 N–H and O–H groups in total. The second-order valence-electron chi connectivity index (χ2n) is 4.87. The van der Waals surface area contributed by atoms with E-state index in [1.165, 1.54) is 33.9 Å². The number of fused-ring (bicyclic) bond motifs is 2. The summed E-state index contributed by atoms with van der Waals surface area (Å²) in [6.07, 6.45) is 2.01. The lowest BCUT2D eigenvalue weighted by atomic mass is 10.1. The Morgan fingerprint density at radius 2 is 1.06 bits per heavy atom. The predicted octanol–water partition coefficient (Wildman–Crippen LogP) is 3.53. The van der Waals surface area contributed by atoms with Crippen LogP contribution in [0.25, 0.3) is 0 Å². The molecule has 18 heavy (non-hydrogen) atoms. The smallest absolute Gasteiger partial charge is 0.0418 e. The van der Waals surface area contributed by atoms with Gasteiger partial charge in [0.25, 0.3) is 0 Å². The molecule has 0 saturated carbocycles. The Morgan fingerprint density at radius 3 is 1.50 bits per heavy atom. The van der Waals surface area contributed by atoms with E-state index < -0.39 is 0 Å². The van der Waals surface area contributed by atoms with Crippen LogP contribution in [0.2, 0.25) is 0 Å². The lowest BCUT2D eigenvalue weighted by Gasteiger charge is -2.06. The number of allylic oxidation sites excluding steroid dienone is 2. The SMILES string of the molecule is c1ccc2c(c1)C/C(=C1/Cc3ccccc3N1)N2. The summed E-state index contributed by atoms with van der Waals surface area (Å²) in [7, 11) is 0. The fraction of sp³-hybridized carbons (Fsp3) is 0.125. The monoisotopic (exact) mass is 234 g/mol. The Kier molecular flexibility index (Phi) is 1.97. The van der Waals surface area contributed by atoms with Gasteiger partial charge in [-0.2, -0.15) is 0 Å². The van der Waals surface area contributed by atoms with Gasteiger partial charge in [-0.1, -0.05) is 36.4 Å². The van der Waals surface area contributed by atoms with E-state index in [1.54, 1.807) is 0 Å². The average molecular weight is 234 g/mol. The van der Waals surface area contributed by atoms with Crippen LogP contribution in [0.3, 0.4) is 0 Å². The highest BCUT2D eigenvalue weighted by Gasteiger charge is 2.22. The van der Waals surface area contributed by atoms with E-state index in [1.807, 2.05) is 0 Å². The summed E-state index contributed by atoms with van der Waals surface area (Å²) in [5.41, 5.74) is 7.89. The minimum Gasteiger partial charge on any atom is -0.357 e. The first-order valence-corrected chi connectivity index (χ1v) is 6.32. The van der Waals surface area contributed by atoms with Crippen molar-refractivity contribution >= 4 is 11.4 Å². The Hall–Kier alpha value is -2.22. The minimum atomic E-state index is 1.01. The van der Waals surface area contributed by atoms with Gasteiger partial charge in [0.05, 0.1) is 0 Å². The van der Waals surface area contributed by atoms with Crippen molar-refractivity contribution in [1.82, 2.24) is 0 Å². The lowest BCUT2D eigenvalue weighted by molar-refractivity contribution is 1.12. The molecule has 2 aromatic rings. The first-order valence-electron chi connectivity index (χ1n) is 6.32. The first-order chi connectivity index (χ1) is 8.90. The van der Waals surface area contributed by atoms with Gasteiger partial charge in [-0.3, -0.25) is 0 Å². The predicted molar refractivity (Wildman–Crippen MR) is 74.6 cm³/mol. The van der Waals surface area contributed by atoms with Crippen LogP contribution in [-0.4, -0.2) is 0 Å². The Bertz CT molecular complexity index is 544. The summed E-state index contributed by atoms with van der Waals surface area (Å²) in [5, 5.41) is 7.06. The van der Waals surface area contributed by atoms with Crippen LogP contribution in [-0.2, 0) is 12.8 Å². The molecular formula is C16H14N2. The summed E-state index contributed by atoms with van der Waals surface area (Å²) in [6, 6.07) is 17.0. The van der Waals surface area contributed by atoms with Gasteiger partial charge in [0.2, 0.25) is 0 Å². The topological polar surface area (TPSA) is 24.1 Å². The van der Waals surface area contributed by atoms with Gasteiger partial charge in [0.15, 0.2) is 0 Å². The summed E-state index contributed by atoms with van der Waals surface area (Å²) in [6.45, 7) is 0. The number of anilines is 2. The molecule has 0 atom stereocenters. The zero-order chi connectivity index (χ0) is 11.9. The van der Waals surface area contributed by atoms with Crippen LogP contribution < -0.4 is 10.6 Å². The van der Waals surface area contributed by atoms with Gasteiger partial charge < -0.3 is 10.6 Å². The van der Waals surface area contributed by atoms with Crippen LogP contribution in [0.15, 0.2) is 59.9 Å². The lowest BCUT2D eigenvalue weighted by Crippen LogP contribution is -2.03. The number of para-hydroxylation sites is 2. The van der Waals surface area contributed by atoms with Crippen molar-refractivity contribution in [3.8, 4) is 0 Å². The van der Waals surface area contributed by atoms with Gasteiger partial charge >= 0.3 is 0 Å². The van der Waals surface area contributed by atoms with E-state index in [4.69, 9.17) is 0 Å². The number of nitrogens with one attached hydrogen (secondary N) is 2. The second-order valence-corrected chi connectivity index (χ2v) is 4.87. The summed E-state index contributed by atoms with van der Waals surface area (Å²) < 4.78 is 0. The zero-order valence-electron chi connectivity index (χ0n) is 10.0. The summed E-state index contributed by atoms with van der Waals surface area (Å²) in [5.74, 6) is 0.